The van der Waals surface area contributed by atoms with Crippen molar-refractivity contribution in [3.8, 4) is 0 Å². The van der Waals surface area contributed by atoms with E-state index in [1.165, 1.54) is 18.9 Å². The van der Waals surface area contributed by atoms with Gasteiger partial charge in [-0.15, -0.1) is 10.2 Å². The highest BCUT2D eigenvalue weighted by Crippen LogP contribution is 2.27. The lowest BCUT2D eigenvalue weighted by Crippen LogP contribution is -2.36. The summed E-state index contributed by atoms with van der Waals surface area (Å²) in [6, 6.07) is 2.26. The van der Waals surface area contributed by atoms with Crippen LogP contribution in [0.3, 0.4) is 0 Å². The van der Waals surface area contributed by atoms with Gasteiger partial charge in [-0.2, -0.15) is 13.2 Å². The molecule has 1 saturated heterocycles. The number of likely N-dealkylation sites (tertiary alicyclic amines) is 1. The van der Waals surface area contributed by atoms with Gasteiger partial charge in [-0.1, -0.05) is 6.92 Å². The molecule has 0 unspecified atom stereocenters. The Labute approximate surface area is 116 Å². The van der Waals surface area contributed by atoms with Gasteiger partial charge >= 0.3 is 6.18 Å². The highest BCUT2D eigenvalue weighted by molar-refractivity contribution is 5.33. The third-order valence-corrected chi connectivity index (χ3v) is 3.57. The van der Waals surface area contributed by atoms with Crippen LogP contribution in [0.1, 0.15) is 25.5 Å². The second kappa shape index (κ2) is 6.39. The van der Waals surface area contributed by atoms with Gasteiger partial charge in [0.15, 0.2) is 5.69 Å². The van der Waals surface area contributed by atoms with E-state index in [1.54, 1.807) is 0 Å². The Balaban J connectivity index is 1.74. The van der Waals surface area contributed by atoms with Gasteiger partial charge in [-0.05, 0) is 44.0 Å². The third-order valence-electron chi connectivity index (χ3n) is 3.57. The Morgan fingerprint density at radius 2 is 1.95 bits per heavy atom. The van der Waals surface area contributed by atoms with Crippen LogP contribution in [0, 0.1) is 5.92 Å². The zero-order chi connectivity index (χ0) is 14.6. The van der Waals surface area contributed by atoms with Crippen molar-refractivity contribution in [1.29, 1.82) is 0 Å². The summed E-state index contributed by atoms with van der Waals surface area (Å²) in [4.78, 5) is 2.35. The van der Waals surface area contributed by atoms with Crippen LogP contribution in [0.2, 0.25) is 0 Å². The van der Waals surface area contributed by atoms with E-state index >= 15 is 0 Å². The topological polar surface area (TPSA) is 41.0 Å². The van der Waals surface area contributed by atoms with Crippen molar-refractivity contribution >= 4 is 5.82 Å². The van der Waals surface area contributed by atoms with Gasteiger partial charge in [0.2, 0.25) is 0 Å². The molecule has 0 saturated carbocycles. The Hall–Kier alpha value is -1.37. The van der Waals surface area contributed by atoms with Gasteiger partial charge in [0.25, 0.3) is 0 Å². The summed E-state index contributed by atoms with van der Waals surface area (Å²) in [5.74, 6) is 1.17. The highest BCUT2D eigenvalue weighted by Gasteiger charge is 2.32. The van der Waals surface area contributed by atoms with Crippen molar-refractivity contribution in [2.75, 3.05) is 31.5 Å². The second-order valence-electron chi connectivity index (χ2n) is 5.25. The van der Waals surface area contributed by atoms with E-state index in [-0.39, 0.29) is 0 Å². The van der Waals surface area contributed by atoms with E-state index < -0.39 is 11.9 Å². The minimum absolute atomic E-state index is 0.378. The summed E-state index contributed by atoms with van der Waals surface area (Å²) >= 11 is 0. The van der Waals surface area contributed by atoms with Gasteiger partial charge in [0.1, 0.15) is 5.82 Å². The normalized spacial score (nSPS) is 18.2. The summed E-state index contributed by atoms with van der Waals surface area (Å²) < 4.78 is 36.9. The average molecular weight is 288 g/mol. The van der Waals surface area contributed by atoms with Gasteiger partial charge < -0.3 is 10.2 Å². The minimum atomic E-state index is -4.43. The highest BCUT2D eigenvalue weighted by atomic mass is 19.4. The molecule has 1 aromatic rings. The van der Waals surface area contributed by atoms with Crippen LogP contribution in [0.5, 0.6) is 0 Å². The molecule has 1 aromatic heterocycles. The van der Waals surface area contributed by atoms with Crippen molar-refractivity contribution in [2.45, 2.75) is 25.9 Å². The predicted molar refractivity (Wildman–Crippen MR) is 70.4 cm³/mol. The smallest absolute Gasteiger partial charge is 0.367 e. The van der Waals surface area contributed by atoms with E-state index in [1.807, 2.05) is 0 Å². The van der Waals surface area contributed by atoms with Crippen molar-refractivity contribution in [1.82, 2.24) is 15.1 Å². The van der Waals surface area contributed by atoms with Crippen molar-refractivity contribution in [3.63, 3.8) is 0 Å². The summed E-state index contributed by atoms with van der Waals surface area (Å²) in [6.45, 7) is 5.96. The number of halogens is 3. The molecule has 7 heteroatoms. The molecule has 0 atom stereocenters. The molecule has 0 spiro atoms. The quantitative estimate of drug-likeness (QED) is 0.924. The SMILES string of the molecule is CC1CCN(CCNc2ccc(C(F)(F)F)nn2)CC1. The van der Waals surface area contributed by atoms with Crippen LogP contribution < -0.4 is 5.32 Å². The number of piperidine rings is 1. The van der Waals surface area contributed by atoms with Gasteiger partial charge in [-0.3, -0.25) is 0 Å². The molecule has 1 aliphatic heterocycles. The molecule has 20 heavy (non-hydrogen) atoms. The molecule has 112 valence electrons. The molecular weight excluding hydrogens is 269 g/mol. The average Bonchev–Trinajstić information content (AvgIpc) is 2.41. The Morgan fingerprint density at radius 3 is 2.50 bits per heavy atom. The molecule has 0 aliphatic carbocycles. The minimum Gasteiger partial charge on any atom is -0.367 e. The monoisotopic (exact) mass is 288 g/mol. The van der Waals surface area contributed by atoms with E-state index in [4.69, 9.17) is 0 Å². The lowest BCUT2D eigenvalue weighted by atomic mass is 9.99. The molecule has 1 fully saturated rings. The molecule has 1 N–H and O–H groups in total. The fourth-order valence-electron chi connectivity index (χ4n) is 2.21. The van der Waals surface area contributed by atoms with Crippen LogP contribution >= 0.6 is 0 Å². The first kappa shape index (κ1) is 15.0. The van der Waals surface area contributed by atoms with Crippen LogP contribution in [-0.4, -0.2) is 41.3 Å². The Morgan fingerprint density at radius 1 is 1.25 bits per heavy atom. The summed E-state index contributed by atoms with van der Waals surface area (Å²) in [7, 11) is 0. The number of aromatic nitrogens is 2. The number of hydrogen-bond acceptors (Lipinski definition) is 4. The van der Waals surface area contributed by atoms with Crippen molar-refractivity contribution < 1.29 is 13.2 Å². The first-order valence-electron chi connectivity index (χ1n) is 6.82. The molecule has 1 aliphatic rings. The van der Waals surface area contributed by atoms with Crippen LogP contribution in [0.4, 0.5) is 19.0 Å². The molecular formula is C13H19F3N4. The zero-order valence-electron chi connectivity index (χ0n) is 11.5. The Kier molecular flexibility index (Phi) is 4.80. The lowest BCUT2D eigenvalue weighted by molar-refractivity contribution is -0.141. The number of hydrogen-bond donors (Lipinski definition) is 1. The van der Waals surface area contributed by atoms with Crippen LogP contribution in [0.25, 0.3) is 0 Å². The van der Waals surface area contributed by atoms with Crippen molar-refractivity contribution in [3.05, 3.63) is 17.8 Å². The fraction of sp³-hybridized carbons (Fsp3) is 0.692. The predicted octanol–water partition coefficient (Wildman–Crippen LogP) is 2.64. The zero-order valence-corrected chi connectivity index (χ0v) is 11.5. The van der Waals surface area contributed by atoms with Gasteiger partial charge in [0.05, 0.1) is 0 Å². The number of nitrogens with one attached hydrogen (secondary N) is 1. The van der Waals surface area contributed by atoms with Gasteiger partial charge in [0, 0.05) is 13.1 Å². The first-order valence-corrected chi connectivity index (χ1v) is 6.82. The first-order chi connectivity index (χ1) is 9.45. The lowest BCUT2D eigenvalue weighted by Gasteiger charge is -2.30. The molecule has 2 rings (SSSR count). The molecule has 2 heterocycles. The molecule has 0 bridgehead atoms. The molecule has 4 nitrogen and oxygen atoms in total. The summed E-state index contributed by atoms with van der Waals surface area (Å²) in [6.07, 6.45) is -2.02. The van der Waals surface area contributed by atoms with E-state index in [0.29, 0.717) is 12.4 Å². The number of alkyl halides is 3. The number of anilines is 1. The maximum Gasteiger partial charge on any atom is 0.435 e. The largest absolute Gasteiger partial charge is 0.435 e. The van der Waals surface area contributed by atoms with E-state index in [9.17, 15) is 13.2 Å². The number of rotatable bonds is 4. The van der Waals surface area contributed by atoms with Crippen LogP contribution in [0.15, 0.2) is 12.1 Å². The third kappa shape index (κ3) is 4.33. The van der Waals surface area contributed by atoms with Crippen molar-refractivity contribution in [2.24, 2.45) is 5.92 Å². The maximum absolute atomic E-state index is 12.3. The molecule has 0 amide bonds. The Bertz CT molecular complexity index is 411. The van der Waals surface area contributed by atoms with E-state index in [2.05, 4.69) is 27.3 Å². The van der Waals surface area contributed by atoms with E-state index in [0.717, 1.165) is 31.6 Å². The number of nitrogens with zero attached hydrogens (tertiary/aromatic N) is 3. The summed E-state index contributed by atoms with van der Waals surface area (Å²) in [5, 5.41) is 9.71. The van der Waals surface area contributed by atoms with Crippen LogP contribution in [-0.2, 0) is 6.18 Å². The maximum atomic E-state index is 12.3. The standard InChI is InChI=1S/C13H19F3N4/c1-10-4-7-20(8-5-10)9-6-17-12-3-2-11(18-19-12)13(14,15)16/h2-3,10H,4-9H2,1H3,(H,17,19). The van der Waals surface area contributed by atoms with Gasteiger partial charge in [-0.25, -0.2) is 0 Å². The fourth-order valence-corrected chi connectivity index (χ4v) is 2.21. The molecule has 0 aromatic carbocycles. The second-order valence-corrected chi connectivity index (χ2v) is 5.25. The molecule has 0 radical (unpaired) electrons. The summed E-state index contributed by atoms with van der Waals surface area (Å²) in [5.41, 5.74) is -0.965.